The average molecular weight is 204 g/mol. The van der Waals surface area contributed by atoms with Gasteiger partial charge < -0.3 is 14.8 Å². The van der Waals surface area contributed by atoms with Crippen molar-refractivity contribution < 1.29 is 19.4 Å². The summed E-state index contributed by atoms with van der Waals surface area (Å²) in [6, 6.07) is 0. The largest absolute Gasteiger partial charge is 0.444 e. The van der Waals surface area contributed by atoms with Gasteiger partial charge in [0.15, 0.2) is 0 Å². The Morgan fingerprint density at radius 1 is 1.29 bits per heavy atom. The van der Waals surface area contributed by atoms with Gasteiger partial charge in [-0.25, -0.2) is 9.90 Å². The van der Waals surface area contributed by atoms with Crippen molar-refractivity contribution in [1.29, 1.82) is 0 Å². The third-order valence-corrected chi connectivity index (χ3v) is 1.14. The highest BCUT2D eigenvalue weighted by atomic mass is 16.6. The first-order valence-electron chi connectivity index (χ1n) is 4.58. The van der Waals surface area contributed by atoms with E-state index >= 15 is 0 Å². The van der Waals surface area contributed by atoms with E-state index in [0.29, 0.717) is 13.2 Å². The molecule has 0 aliphatic rings. The SMILES string of the molecule is CC(C)(C)OC(=O)NCCOCC[O]. The van der Waals surface area contributed by atoms with Crippen LogP contribution in [0.5, 0.6) is 0 Å². The summed E-state index contributed by atoms with van der Waals surface area (Å²) in [6.07, 6.45) is -0.469. The first-order valence-corrected chi connectivity index (χ1v) is 4.58. The third-order valence-electron chi connectivity index (χ3n) is 1.14. The van der Waals surface area contributed by atoms with Crippen LogP contribution in [0.25, 0.3) is 0 Å². The zero-order valence-corrected chi connectivity index (χ0v) is 8.96. The molecule has 83 valence electrons. The lowest BCUT2D eigenvalue weighted by Gasteiger charge is -2.19. The van der Waals surface area contributed by atoms with Crippen molar-refractivity contribution >= 4 is 6.09 Å². The molecule has 1 radical (unpaired) electrons. The van der Waals surface area contributed by atoms with Crippen molar-refractivity contribution in [2.75, 3.05) is 26.4 Å². The number of carbonyl (C=O) groups is 1. The molecule has 14 heavy (non-hydrogen) atoms. The number of hydrogen-bond acceptors (Lipinski definition) is 3. The van der Waals surface area contributed by atoms with Crippen molar-refractivity contribution in [2.24, 2.45) is 0 Å². The molecule has 1 amide bonds. The van der Waals surface area contributed by atoms with Gasteiger partial charge in [0.05, 0.1) is 13.2 Å². The fourth-order valence-electron chi connectivity index (χ4n) is 0.700. The lowest BCUT2D eigenvalue weighted by Crippen LogP contribution is -2.34. The summed E-state index contributed by atoms with van der Waals surface area (Å²) in [5, 5.41) is 12.5. The first kappa shape index (κ1) is 13.2. The van der Waals surface area contributed by atoms with Crippen molar-refractivity contribution in [2.45, 2.75) is 26.4 Å². The maximum absolute atomic E-state index is 11.0. The Morgan fingerprint density at radius 2 is 1.93 bits per heavy atom. The number of amides is 1. The normalized spacial score (nSPS) is 11.1. The molecule has 0 spiro atoms. The van der Waals surface area contributed by atoms with Gasteiger partial charge in [0, 0.05) is 6.54 Å². The molecule has 5 nitrogen and oxygen atoms in total. The van der Waals surface area contributed by atoms with Crippen LogP contribution in [0.15, 0.2) is 0 Å². The van der Waals surface area contributed by atoms with Gasteiger partial charge in [-0.1, -0.05) is 0 Å². The summed E-state index contributed by atoms with van der Waals surface area (Å²) in [7, 11) is 0. The number of rotatable bonds is 5. The van der Waals surface area contributed by atoms with Gasteiger partial charge in [0.25, 0.3) is 0 Å². The van der Waals surface area contributed by atoms with Crippen molar-refractivity contribution in [3.05, 3.63) is 0 Å². The Balaban J connectivity index is 3.36. The van der Waals surface area contributed by atoms with Gasteiger partial charge in [-0.2, -0.15) is 0 Å². The van der Waals surface area contributed by atoms with E-state index in [1.807, 2.05) is 0 Å². The summed E-state index contributed by atoms with van der Waals surface area (Å²) >= 11 is 0. The van der Waals surface area contributed by atoms with Crippen LogP contribution in [-0.2, 0) is 14.6 Å². The van der Waals surface area contributed by atoms with E-state index in [0.717, 1.165) is 0 Å². The molecule has 0 aliphatic heterocycles. The van der Waals surface area contributed by atoms with E-state index < -0.39 is 11.7 Å². The van der Waals surface area contributed by atoms with E-state index in [4.69, 9.17) is 9.47 Å². The minimum atomic E-state index is -0.486. The maximum Gasteiger partial charge on any atom is 0.407 e. The van der Waals surface area contributed by atoms with Crippen molar-refractivity contribution in [1.82, 2.24) is 5.32 Å². The maximum atomic E-state index is 11.0. The van der Waals surface area contributed by atoms with Gasteiger partial charge >= 0.3 is 6.09 Å². The van der Waals surface area contributed by atoms with Gasteiger partial charge in [-0.05, 0) is 20.8 Å². The Hall–Kier alpha value is -0.810. The van der Waals surface area contributed by atoms with E-state index in [2.05, 4.69) is 5.32 Å². The number of alkyl carbamates (subject to hydrolysis) is 1. The van der Waals surface area contributed by atoms with Gasteiger partial charge in [-0.3, -0.25) is 0 Å². The van der Waals surface area contributed by atoms with Crippen molar-refractivity contribution in [3.8, 4) is 0 Å². The lowest BCUT2D eigenvalue weighted by molar-refractivity contribution is 0.0451. The highest BCUT2D eigenvalue weighted by Gasteiger charge is 2.15. The van der Waals surface area contributed by atoms with Crippen LogP contribution >= 0.6 is 0 Å². The van der Waals surface area contributed by atoms with Crippen LogP contribution in [0.1, 0.15) is 20.8 Å². The predicted octanol–water partition coefficient (Wildman–Crippen LogP) is 0.958. The van der Waals surface area contributed by atoms with Crippen LogP contribution in [0.2, 0.25) is 0 Å². The molecule has 0 aromatic carbocycles. The molecule has 0 rings (SSSR count). The zero-order valence-electron chi connectivity index (χ0n) is 8.96. The third kappa shape index (κ3) is 9.28. The summed E-state index contributed by atoms with van der Waals surface area (Å²) < 4.78 is 9.86. The standard InChI is InChI=1S/C9H18NO4/c1-9(2,3)14-8(12)10-4-6-13-7-5-11/h4-7H2,1-3H3,(H,10,12). The number of carbonyl (C=O) groups excluding carboxylic acids is 1. The highest BCUT2D eigenvalue weighted by molar-refractivity contribution is 5.67. The molecule has 0 saturated heterocycles. The molecule has 0 unspecified atom stereocenters. The van der Waals surface area contributed by atoms with Crippen LogP contribution in [0.4, 0.5) is 4.79 Å². The average Bonchev–Trinajstić information content (AvgIpc) is 2.00. The quantitative estimate of drug-likeness (QED) is 0.678. The molecule has 0 heterocycles. The van der Waals surface area contributed by atoms with E-state index in [1.54, 1.807) is 20.8 Å². The summed E-state index contributed by atoms with van der Waals surface area (Å²) in [5.41, 5.74) is -0.486. The fraction of sp³-hybridized carbons (Fsp3) is 0.889. The fourth-order valence-corrected chi connectivity index (χ4v) is 0.700. The topological polar surface area (TPSA) is 67.5 Å². The molecule has 0 atom stereocenters. The minimum absolute atomic E-state index is 0.177. The smallest absolute Gasteiger partial charge is 0.407 e. The van der Waals surface area contributed by atoms with Gasteiger partial charge in [0.1, 0.15) is 12.2 Å². The molecule has 0 saturated carbocycles. The molecule has 0 aliphatic carbocycles. The Morgan fingerprint density at radius 3 is 2.43 bits per heavy atom. The Kier molecular flexibility index (Phi) is 6.23. The predicted molar refractivity (Wildman–Crippen MR) is 50.6 cm³/mol. The Bertz CT molecular complexity index is 165. The molecule has 0 aromatic heterocycles. The van der Waals surface area contributed by atoms with Crippen LogP contribution in [0, 0.1) is 0 Å². The van der Waals surface area contributed by atoms with Crippen molar-refractivity contribution in [3.63, 3.8) is 0 Å². The lowest BCUT2D eigenvalue weighted by atomic mass is 10.2. The van der Waals surface area contributed by atoms with Crippen LogP contribution < -0.4 is 5.32 Å². The summed E-state index contributed by atoms with van der Waals surface area (Å²) in [5.74, 6) is 0. The minimum Gasteiger partial charge on any atom is -0.444 e. The first-order chi connectivity index (χ1) is 6.45. The monoisotopic (exact) mass is 204 g/mol. The molecule has 0 fully saturated rings. The summed E-state index contributed by atoms with van der Waals surface area (Å²) in [4.78, 5) is 11.0. The van der Waals surface area contributed by atoms with E-state index in [1.165, 1.54) is 0 Å². The summed E-state index contributed by atoms with van der Waals surface area (Å²) in [6.45, 7) is 5.99. The van der Waals surface area contributed by atoms with E-state index in [9.17, 15) is 9.90 Å². The highest BCUT2D eigenvalue weighted by Crippen LogP contribution is 2.05. The zero-order chi connectivity index (χ0) is 11.0. The number of hydrogen-bond donors (Lipinski definition) is 1. The van der Waals surface area contributed by atoms with Crippen LogP contribution in [0.3, 0.4) is 0 Å². The molecular weight excluding hydrogens is 186 g/mol. The van der Waals surface area contributed by atoms with E-state index in [-0.39, 0.29) is 13.2 Å². The second kappa shape index (κ2) is 6.62. The molecule has 1 N–H and O–H groups in total. The second-order valence-corrected chi connectivity index (χ2v) is 3.75. The van der Waals surface area contributed by atoms with Gasteiger partial charge in [0.2, 0.25) is 0 Å². The molecular formula is C9H18NO4. The molecule has 0 bridgehead atoms. The number of ether oxygens (including phenoxy) is 2. The number of nitrogens with one attached hydrogen (secondary N) is 1. The second-order valence-electron chi connectivity index (χ2n) is 3.75. The molecule has 0 aromatic rings. The van der Waals surface area contributed by atoms with Crippen LogP contribution in [-0.4, -0.2) is 38.1 Å². The Labute approximate surface area is 84.4 Å². The molecule has 5 heteroatoms. The van der Waals surface area contributed by atoms with Gasteiger partial charge in [-0.15, -0.1) is 0 Å².